The Kier molecular flexibility index (Phi) is 5.79. The zero-order chi connectivity index (χ0) is 13.7. The SMILES string of the molecule is CCCNC(Cc1cc(F)ccc1Br)C1CCCO1. The summed E-state index contributed by atoms with van der Waals surface area (Å²) in [6, 6.07) is 5.13. The molecule has 2 nitrogen and oxygen atoms in total. The minimum atomic E-state index is -0.181. The summed E-state index contributed by atoms with van der Waals surface area (Å²) in [6.07, 6.45) is 4.35. The summed E-state index contributed by atoms with van der Waals surface area (Å²) < 4.78 is 20.1. The van der Waals surface area contributed by atoms with Crippen LogP contribution < -0.4 is 5.32 Å². The van der Waals surface area contributed by atoms with Crippen LogP contribution in [0.25, 0.3) is 0 Å². The van der Waals surface area contributed by atoms with E-state index in [0.717, 1.165) is 48.9 Å². The second kappa shape index (κ2) is 7.36. The van der Waals surface area contributed by atoms with Gasteiger partial charge in [0.2, 0.25) is 0 Å². The third-order valence-corrected chi connectivity index (χ3v) is 4.29. The average Bonchev–Trinajstić information content (AvgIpc) is 2.92. The topological polar surface area (TPSA) is 21.3 Å². The molecule has 0 bridgehead atoms. The summed E-state index contributed by atoms with van der Waals surface area (Å²) in [4.78, 5) is 0. The van der Waals surface area contributed by atoms with Gasteiger partial charge in [-0.3, -0.25) is 0 Å². The van der Waals surface area contributed by atoms with Gasteiger partial charge < -0.3 is 10.1 Å². The van der Waals surface area contributed by atoms with Gasteiger partial charge in [-0.1, -0.05) is 22.9 Å². The molecule has 0 aliphatic carbocycles. The Morgan fingerprint density at radius 2 is 2.37 bits per heavy atom. The number of hydrogen-bond acceptors (Lipinski definition) is 2. The first-order valence-corrected chi connectivity index (χ1v) is 7.79. The van der Waals surface area contributed by atoms with E-state index in [1.165, 1.54) is 6.07 Å². The molecule has 2 rings (SSSR count). The summed E-state index contributed by atoms with van der Waals surface area (Å²) in [5.74, 6) is -0.181. The average molecular weight is 330 g/mol. The van der Waals surface area contributed by atoms with Crippen LogP contribution in [0.5, 0.6) is 0 Å². The molecule has 0 spiro atoms. The molecule has 1 saturated heterocycles. The van der Waals surface area contributed by atoms with Crippen molar-refractivity contribution in [1.29, 1.82) is 0 Å². The van der Waals surface area contributed by atoms with Gasteiger partial charge in [0.1, 0.15) is 5.82 Å². The number of halogens is 2. The van der Waals surface area contributed by atoms with Crippen molar-refractivity contribution in [2.75, 3.05) is 13.2 Å². The van der Waals surface area contributed by atoms with Crippen LogP contribution in [0, 0.1) is 5.82 Å². The molecule has 4 heteroatoms. The highest BCUT2D eigenvalue weighted by Crippen LogP contribution is 2.23. The molecule has 0 aromatic heterocycles. The molecule has 2 unspecified atom stereocenters. The Morgan fingerprint density at radius 3 is 3.05 bits per heavy atom. The number of hydrogen-bond donors (Lipinski definition) is 1. The molecule has 19 heavy (non-hydrogen) atoms. The fraction of sp³-hybridized carbons (Fsp3) is 0.600. The molecule has 1 aliphatic rings. The van der Waals surface area contributed by atoms with Crippen LogP contribution >= 0.6 is 15.9 Å². The number of nitrogens with one attached hydrogen (secondary N) is 1. The molecule has 106 valence electrons. The number of rotatable bonds is 6. The molecule has 1 N–H and O–H groups in total. The predicted octanol–water partition coefficient (Wildman–Crippen LogP) is 3.68. The van der Waals surface area contributed by atoms with Gasteiger partial charge in [-0.15, -0.1) is 0 Å². The smallest absolute Gasteiger partial charge is 0.123 e. The highest BCUT2D eigenvalue weighted by atomic mass is 79.9. The highest BCUT2D eigenvalue weighted by molar-refractivity contribution is 9.10. The normalized spacial score (nSPS) is 20.7. The molecule has 1 fully saturated rings. The monoisotopic (exact) mass is 329 g/mol. The van der Waals surface area contributed by atoms with E-state index in [2.05, 4.69) is 28.2 Å². The lowest BCUT2D eigenvalue weighted by atomic mass is 9.99. The maximum Gasteiger partial charge on any atom is 0.123 e. The molecular formula is C15H21BrFNO. The van der Waals surface area contributed by atoms with Crippen LogP contribution in [0.2, 0.25) is 0 Å². The summed E-state index contributed by atoms with van der Waals surface area (Å²) >= 11 is 3.50. The van der Waals surface area contributed by atoms with Crippen LogP contribution in [0.4, 0.5) is 4.39 Å². The first-order chi connectivity index (χ1) is 9.20. The number of ether oxygens (including phenoxy) is 1. The highest BCUT2D eigenvalue weighted by Gasteiger charge is 2.26. The third-order valence-electron chi connectivity index (χ3n) is 3.52. The van der Waals surface area contributed by atoms with E-state index in [4.69, 9.17) is 4.74 Å². The summed E-state index contributed by atoms with van der Waals surface area (Å²) in [5.41, 5.74) is 1.00. The lowest BCUT2D eigenvalue weighted by molar-refractivity contribution is 0.0783. The minimum absolute atomic E-state index is 0.181. The number of benzene rings is 1. The van der Waals surface area contributed by atoms with Gasteiger partial charge in [0.15, 0.2) is 0 Å². The molecule has 1 aromatic rings. The Balaban J connectivity index is 2.07. The first kappa shape index (κ1) is 14.9. The van der Waals surface area contributed by atoms with Gasteiger partial charge in [0.25, 0.3) is 0 Å². The van der Waals surface area contributed by atoms with Gasteiger partial charge in [-0.25, -0.2) is 4.39 Å². The molecule has 1 aromatic carbocycles. The van der Waals surface area contributed by atoms with Crippen molar-refractivity contribution in [3.8, 4) is 0 Å². The molecule has 2 atom stereocenters. The van der Waals surface area contributed by atoms with Gasteiger partial charge in [0, 0.05) is 17.1 Å². The van der Waals surface area contributed by atoms with Crippen molar-refractivity contribution in [2.24, 2.45) is 0 Å². The largest absolute Gasteiger partial charge is 0.377 e. The Morgan fingerprint density at radius 1 is 1.53 bits per heavy atom. The Bertz CT molecular complexity index is 407. The van der Waals surface area contributed by atoms with Crippen LogP contribution in [0.1, 0.15) is 31.7 Å². The van der Waals surface area contributed by atoms with E-state index in [1.807, 2.05) is 0 Å². The summed E-state index contributed by atoms with van der Waals surface area (Å²) in [6.45, 7) is 3.97. The van der Waals surface area contributed by atoms with E-state index >= 15 is 0 Å². The fourth-order valence-electron chi connectivity index (χ4n) is 2.52. The quantitative estimate of drug-likeness (QED) is 0.859. The molecule has 0 radical (unpaired) electrons. The predicted molar refractivity (Wildman–Crippen MR) is 78.9 cm³/mol. The first-order valence-electron chi connectivity index (χ1n) is 6.99. The minimum Gasteiger partial charge on any atom is -0.377 e. The molecular weight excluding hydrogens is 309 g/mol. The van der Waals surface area contributed by atoms with Crippen LogP contribution in [0.15, 0.2) is 22.7 Å². The van der Waals surface area contributed by atoms with E-state index in [9.17, 15) is 4.39 Å². The lowest BCUT2D eigenvalue weighted by Gasteiger charge is -2.25. The van der Waals surface area contributed by atoms with Crippen molar-refractivity contribution in [3.63, 3.8) is 0 Å². The Labute approximate surface area is 122 Å². The Hall–Kier alpha value is -0.450. The third kappa shape index (κ3) is 4.26. The van der Waals surface area contributed by atoms with Crippen molar-refractivity contribution in [2.45, 2.75) is 44.8 Å². The second-order valence-electron chi connectivity index (χ2n) is 5.05. The molecule has 1 aliphatic heterocycles. The molecule has 0 amide bonds. The second-order valence-corrected chi connectivity index (χ2v) is 5.91. The van der Waals surface area contributed by atoms with Gasteiger partial charge in [0.05, 0.1) is 6.10 Å². The van der Waals surface area contributed by atoms with Crippen LogP contribution in [0.3, 0.4) is 0 Å². The van der Waals surface area contributed by atoms with Crippen molar-refractivity contribution >= 4 is 15.9 Å². The summed E-state index contributed by atoms with van der Waals surface area (Å²) in [5, 5.41) is 3.54. The van der Waals surface area contributed by atoms with Crippen LogP contribution in [-0.4, -0.2) is 25.3 Å². The van der Waals surface area contributed by atoms with E-state index in [-0.39, 0.29) is 18.0 Å². The lowest BCUT2D eigenvalue weighted by Crippen LogP contribution is -2.41. The van der Waals surface area contributed by atoms with Crippen LogP contribution in [-0.2, 0) is 11.2 Å². The van der Waals surface area contributed by atoms with Crippen molar-refractivity contribution in [1.82, 2.24) is 5.32 Å². The standard InChI is InChI=1S/C15H21BrFNO/c1-2-7-18-14(15-4-3-8-19-15)10-11-9-12(17)5-6-13(11)16/h5-6,9,14-15,18H,2-4,7-8,10H2,1H3. The fourth-order valence-corrected chi connectivity index (χ4v) is 2.93. The molecule has 0 saturated carbocycles. The maximum absolute atomic E-state index is 13.4. The summed E-state index contributed by atoms with van der Waals surface area (Å²) in [7, 11) is 0. The molecule has 1 heterocycles. The maximum atomic E-state index is 13.4. The van der Waals surface area contributed by atoms with Gasteiger partial charge in [-0.05, 0) is 56.0 Å². The van der Waals surface area contributed by atoms with Crippen molar-refractivity contribution in [3.05, 3.63) is 34.1 Å². The zero-order valence-electron chi connectivity index (χ0n) is 11.3. The van der Waals surface area contributed by atoms with E-state index in [0.29, 0.717) is 0 Å². The van der Waals surface area contributed by atoms with Crippen molar-refractivity contribution < 1.29 is 9.13 Å². The van der Waals surface area contributed by atoms with Gasteiger partial charge >= 0.3 is 0 Å². The van der Waals surface area contributed by atoms with E-state index in [1.54, 1.807) is 12.1 Å². The van der Waals surface area contributed by atoms with E-state index < -0.39 is 0 Å². The zero-order valence-corrected chi connectivity index (χ0v) is 12.9. The van der Waals surface area contributed by atoms with Gasteiger partial charge in [-0.2, -0.15) is 0 Å².